The summed E-state index contributed by atoms with van der Waals surface area (Å²) in [6.07, 6.45) is 4.11. The fraction of sp³-hybridized carbons (Fsp3) is 0.636. The first-order chi connectivity index (χ1) is 20.5. The first-order valence-corrected chi connectivity index (χ1v) is 15.5. The van der Waals surface area contributed by atoms with Crippen LogP contribution in [0.1, 0.15) is 52.5 Å². The Bertz CT molecular complexity index is 1170. The van der Waals surface area contributed by atoms with Crippen molar-refractivity contribution < 1.29 is 33.3 Å². The normalized spacial score (nSPS) is 31.0. The molecule has 2 fully saturated rings. The van der Waals surface area contributed by atoms with Gasteiger partial charge in [0.15, 0.2) is 0 Å². The highest BCUT2D eigenvalue weighted by Crippen LogP contribution is 2.27. The van der Waals surface area contributed by atoms with Crippen molar-refractivity contribution in [1.82, 2.24) is 9.80 Å². The van der Waals surface area contributed by atoms with Crippen LogP contribution in [0.15, 0.2) is 35.9 Å². The highest BCUT2D eigenvalue weighted by atomic mass is 19.1. The van der Waals surface area contributed by atoms with Crippen LogP contribution in [0.2, 0.25) is 0 Å². The van der Waals surface area contributed by atoms with Gasteiger partial charge in [-0.25, -0.2) is 9.18 Å². The Morgan fingerprint density at radius 3 is 2.53 bits per heavy atom. The maximum atomic E-state index is 14.7. The lowest BCUT2D eigenvalue weighted by Gasteiger charge is -2.38. The number of amides is 1. The van der Waals surface area contributed by atoms with Crippen LogP contribution in [-0.2, 0) is 19.0 Å². The molecule has 0 saturated carbocycles. The van der Waals surface area contributed by atoms with Crippen molar-refractivity contribution in [2.75, 3.05) is 57.9 Å². The second kappa shape index (κ2) is 15.2. The minimum atomic E-state index is -0.868. The van der Waals surface area contributed by atoms with Crippen LogP contribution >= 0.6 is 0 Å². The summed E-state index contributed by atoms with van der Waals surface area (Å²) in [6, 6.07) is 5.15. The van der Waals surface area contributed by atoms with Crippen molar-refractivity contribution in [1.29, 1.82) is 0 Å². The fourth-order valence-corrected chi connectivity index (χ4v) is 5.88. The number of cyclic esters (lactones) is 1. The van der Waals surface area contributed by atoms with Gasteiger partial charge in [-0.3, -0.25) is 4.79 Å². The Balaban J connectivity index is 1.56. The molecule has 1 aromatic rings. The van der Waals surface area contributed by atoms with Gasteiger partial charge in [-0.2, -0.15) is 0 Å². The minimum absolute atomic E-state index is 0.0663. The number of hydrogen-bond donors (Lipinski definition) is 1. The second-order valence-corrected chi connectivity index (χ2v) is 12.4. The van der Waals surface area contributed by atoms with E-state index in [1.807, 2.05) is 45.1 Å². The third-order valence-corrected chi connectivity index (χ3v) is 8.84. The molecule has 3 heterocycles. The molecule has 0 unspecified atom stereocenters. The highest BCUT2D eigenvalue weighted by Gasteiger charge is 2.30. The van der Waals surface area contributed by atoms with Crippen molar-refractivity contribution in [3.8, 4) is 0 Å². The number of nitrogens with zero attached hydrogens (tertiary/aromatic N) is 3. The number of carbonyl (C=O) groups excluding carboxylic acids is 2. The van der Waals surface area contributed by atoms with E-state index in [2.05, 4.69) is 23.8 Å². The first-order valence-electron chi connectivity index (χ1n) is 15.5. The molecule has 3 aliphatic heterocycles. The molecule has 1 N–H and O–H groups in total. The minimum Gasteiger partial charge on any atom is -0.457 e. The molecule has 43 heavy (non-hydrogen) atoms. The Morgan fingerprint density at radius 2 is 1.81 bits per heavy atom. The monoisotopic (exact) mass is 601 g/mol. The number of esters is 1. The molecule has 1 amide bonds. The van der Waals surface area contributed by atoms with Gasteiger partial charge in [0.05, 0.1) is 25.7 Å². The van der Waals surface area contributed by atoms with E-state index in [4.69, 9.17) is 14.2 Å². The Hall–Kier alpha value is -2.95. The molecule has 10 heteroatoms. The maximum absolute atomic E-state index is 14.7. The lowest BCUT2D eigenvalue weighted by molar-refractivity contribution is -0.151. The van der Waals surface area contributed by atoms with Gasteiger partial charge in [0.2, 0.25) is 0 Å². The van der Waals surface area contributed by atoms with E-state index in [0.29, 0.717) is 57.8 Å². The zero-order chi connectivity index (χ0) is 31.1. The first kappa shape index (κ1) is 33.0. The van der Waals surface area contributed by atoms with Gasteiger partial charge in [0, 0.05) is 50.4 Å². The zero-order valence-corrected chi connectivity index (χ0v) is 26.2. The largest absolute Gasteiger partial charge is 0.457 e. The van der Waals surface area contributed by atoms with E-state index in [0.717, 1.165) is 17.8 Å². The van der Waals surface area contributed by atoms with Gasteiger partial charge in [0.1, 0.15) is 18.0 Å². The molecule has 6 atom stereocenters. The molecule has 0 radical (unpaired) electrons. The third kappa shape index (κ3) is 9.27. The molecule has 3 aliphatic rings. The number of piperazine rings is 1. The predicted octanol–water partition coefficient (Wildman–Crippen LogP) is 4.49. The summed E-state index contributed by atoms with van der Waals surface area (Å²) in [5.41, 5.74) is 2.19. The predicted molar refractivity (Wildman–Crippen MR) is 164 cm³/mol. The quantitative estimate of drug-likeness (QED) is 0.399. The fourth-order valence-electron chi connectivity index (χ4n) is 5.88. The van der Waals surface area contributed by atoms with E-state index in [-0.39, 0.29) is 36.2 Å². The standard InChI is InChI=1S/C33H48FN3O6/c1-22-6-8-29(38)20-31(39)43-32(23(2)7-9-30(22)42-33(40)37-11-10-35(5)25(4)21-37)24(3)16-26-17-27(34)19-28(18-26)36-12-14-41-15-13-36/h7,9,16-19,22-23,25,29-30,32,38H,6,8,10-15,20-21H2,1-5H3/b9-7+,24-16+/t22-,23+,25-,29-,30-,32+/m0/s1. The molecular weight excluding hydrogens is 553 g/mol. The maximum Gasteiger partial charge on any atom is 0.410 e. The van der Waals surface area contributed by atoms with Gasteiger partial charge in [0.25, 0.3) is 0 Å². The molecule has 4 rings (SSSR count). The summed E-state index contributed by atoms with van der Waals surface area (Å²) in [6.45, 7) is 12.4. The molecule has 0 bridgehead atoms. The van der Waals surface area contributed by atoms with Crippen LogP contribution in [0.4, 0.5) is 14.9 Å². The van der Waals surface area contributed by atoms with E-state index >= 15 is 0 Å². The number of ether oxygens (including phenoxy) is 3. The third-order valence-electron chi connectivity index (χ3n) is 8.84. The Kier molecular flexibility index (Phi) is 11.6. The number of morpholine rings is 1. The topological polar surface area (TPSA) is 91.8 Å². The number of carbonyl (C=O) groups is 2. The summed E-state index contributed by atoms with van der Waals surface area (Å²) >= 11 is 0. The molecule has 1 aromatic carbocycles. The Labute approximate surface area is 255 Å². The number of hydrogen-bond acceptors (Lipinski definition) is 8. The van der Waals surface area contributed by atoms with E-state index in [9.17, 15) is 19.1 Å². The van der Waals surface area contributed by atoms with Crippen molar-refractivity contribution >= 4 is 23.8 Å². The number of anilines is 1. The van der Waals surface area contributed by atoms with Gasteiger partial charge in [-0.15, -0.1) is 0 Å². The lowest BCUT2D eigenvalue weighted by Crippen LogP contribution is -2.52. The Morgan fingerprint density at radius 1 is 1.07 bits per heavy atom. The number of aliphatic hydroxyl groups excluding tert-OH is 1. The van der Waals surface area contributed by atoms with Gasteiger partial charge < -0.3 is 34.0 Å². The van der Waals surface area contributed by atoms with Crippen molar-refractivity contribution in [3.05, 3.63) is 47.3 Å². The number of likely N-dealkylation sites (N-methyl/N-ethyl adjacent to an activating group) is 1. The lowest BCUT2D eigenvalue weighted by atomic mass is 9.91. The van der Waals surface area contributed by atoms with Crippen molar-refractivity contribution in [2.45, 2.75) is 71.3 Å². The number of halogens is 1. The zero-order valence-electron chi connectivity index (χ0n) is 26.2. The SMILES string of the molecule is C/C(=C\c1cc(F)cc(N2CCOCC2)c1)[C@@H]1OC(=O)C[C@@H](O)CC[C@H](C)[C@@H](OC(=O)N2CCN(C)[C@@H](C)C2)/C=C/[C@H]1C. The average molecular weight is 602 g/mol. The molecular formula is C33H48FN3O6. The smallest absolute Gasteiger partial charge is 0.410 e. The molecule has 2 saturated heterocycles. The van der Waals surface area contributed by atoms with Crippen LogP contribution in [0.25, 0.3) is 6.08 Å². The van der Waals surface area contributed by atoms with E-state index in [1.54, 1.807) is 4.90 Å². The van der Waals surface area contributed by atoms with Crippen LogP contribution < -0.4 is 4.90 Å². The van der Waals surface area contributed by atoms with Gasteiger partial charge in [-0.1, -0.05) is 26.0 Å². The van der Waals surface area contributed by atoms with E-state index < -0.39 is 24.3 Å². The molecule has 0 aromatic heterocycles. The molecule has 0 spiro atoms. The average Bonchev–Trinajstić information content (AvgIpc) is 2.97. The summed E-state index contributed by atoms with van der Waals surface area (Å²) in [7, 11) is 2.05. The van der Waals surface area contributed by atoms with Gasteiger partial charge >= 0.3 is 12.1 Å². The van der Waals surface area contributed by atoms with Crippen molar-refractivity contribution in [3.63, 3.8) is 0 Å². The number of rotatable bonds is 4. The van der Waals surface area contributed by atoms with Crippen LogP contribution in [-0.4, -0.2) is 104 Å². The highest BCUT2D eigenvalue weighted by molar-refractivity contribution is 5.71. The number of benzene rings is 1. The van der Waals surface area contributed by atoms with E-state index in [1.165, 1.54) is 12.1 Å². The van der Waals surface area contributed by atoms with Gasteiger partial charge in [-0.05, 0) is 75.1 Å². The van der Waals surface area contributed by atoms with Crippen LogP contribution in [0, 0.1) is 17.7 Å². The summed E-state index contributed by atoms with van der Waals surface area (Å²) in [5.74, 6) is -1.17. The second-order valence-electron chi connectivity index (χ2n) is 12.4. The van der Waals surface area contributed by atoms with Crippen LogP contribution in [0.3, 0.4) is 0 Å². The summed E-state index contributed by atoms with van der Waals surface area (Å²) in [4.78, 5) is 32.1. The molecule has 9 nitrogen and oxygen atoms in total. The summed E-state index contributed by atoms with van der Waals surface area (Å²) in [5, 5.41) is 10.6. The molecule has 0 aliphatic carbocycles. The number of aliphatic hydroxyl groups is 1. The summed E-state index contributed by atoms with van der Waals surface area (Å²) < 4.78 is 32.0. The van der Waals surface area contributed by atoms with Crippen LogP contribution in [0.5, 0.6) is 0 Å². The molecule has 238 valence electrons. The van der Waals surface area contributed by atoms with Crippen molar-refractivity contribution in [2.24, 2.45) is 11.8 Å².